The van der Waals surface area contributed by atoms with E-state index in [-0.39, 0.29) is 18.0 Å². The van der Waals surface area contributed by atoms with Gasteiger partial charge >= 0.3 is 12.1 Å². The first-order chi connectivity index (χ1) is 10.2. The summed E-state index contributed by atoms with van der Waals surface area (Å²) in [6, 6.07) is 4.57. The van der Waals surface area contributed by atoms with Crippen molar-refractivity contribution in [1.29, 1.82) is 0 Å². The maximum absolute atomic E-state index is 12.8. The van der Waals surface area contributed by atoms with Gasteiger partial charge in [0.1, 0.15) is 0 Å². The van der Waals surface area contributed by atoms with Gasteiger partial charge in [-0.15, -0.1) is 0 Å². The van der Waals surface area contributed by atoms with Gasteiger partial charge in [0.05, 0.1) is 30.5 Å². The van der Waals surface area contributed by atoms with Crippen LogP contribution in [0.5, 0.6) is 5.88 Å². The average molecular weight is 314 g/mol. The molecule has 2 aromatic rings. The van der Waals surface area contributed by atoms with Crippen molar-refractivity contribution in [1.82, 2.24) is 9.78 Å². The number of aromatic nitrogens is 2. The molecular weight excluding hydrogens is 301 g/mol. The molecule has 0 saturated heterocycles. The highest BCUT2D eigenvalue weighted by Crippen LogP contribution is 2.32. The molecule has 0 unspecified atom stereocenters. The lowest BCUT2D eigenvalue weighted by molar-refractivity contribution is -0.138. The lowest BCUT2D eigenvalue weighted by atomic mass is 10.2. The molecule has 0 fully saturated rings. The molecule has 5 nitrogen and oxygen atoms in total. The number of aryl methyl sites for hydroxylation is 1. The van der Waals surface area contributed by atoms with E-state index in [9.17, 15) is 18.0 Å². The molecule has 118 valence electrons. The first-order valence-electron chi connectivity index (χ1n) is 6.26. The molecule has 1 heterocycles. The SMILES string of the molecule is COc1c(CC(=O)O)c(C)nn1-c1cccc(C(F)(F)F)c1. The zero-order valence-electron chi connectivity index (χ0n) is 11.8. The molecule has 0 aliphatic carbocycles. The Hall–Kier alpha value is -2.51. The number of hydrogen-bond acceptors (Lipinski definition) is 3. The summed E-state index contributed by atoms with van der Waals surface area (Å²) in [5.41, 5.74) is 0.0375. The second kappa shape index (κ2) is 5.70. The maximum Gasteiger partial charge on any atom is 0.416 e. The zero-order chi connectivity index (χ0) is 16.5. The monoisotopic (exact) mass is 314 g/mol. The molecule has 0 aliphatic rings. The second-order valence-corrected chi connectivity index (χ2v) is 4.60. The van der Waals surface area contributed by atoms with Crippen molar-refractivity contribution >= 4 is 5.97 Å². The summed E-state index contributed by atoms with van der Waals surface area (Å²) in [6.07, 6.45) is -4.80. The van der Waals surface area contributed by atoms with Crippen molar-refractivity contribution in [3.63, 3.8) is 0 Å². The van der Waals surface area contributed by atoms with E-state index in [4.69, 9.17) is 9.84 Å². The molecule has 0 atom stereocenters. The quantitative estimate of drug-likeness (QED) is 0.942. The Balaban J connectivity index is 2.56. The predicted octanol–water partition coefficient (Wildman–Crippen LogP) is 2.84. The third-order valence-corrected chi connectivity index (χ3v) is 3.08. The van der Waals surface area contributed by atoms with Crippen LogP contribution in [0, 0.1) is 6.92 Å². The molecule has 0 saturated carbocycles. The highest BCUT2D eigenvalue weighted by molar-refractivity contribution is 5.71. The van der Waals surface area contributed by atoms with Crippen LogP contribution in [-0.4, -0.2) is 28.0 Å². The van der Waals surface area contributed by atoms with Crippen LogP contribution in [0.2, 0.25) is 0 Å². The van der Waals surface area contributed by atoms with Crippen molar-refractivity contribution in [3.05, 3.63) is 41.1 Å². The van der Waals surface area contributed by atoms with E-state index < -0.39 is 17.7 Å². The van der Waals surface area contributed by atoms with Gasteiger partial charge < -0.3 is 9.84 Å². The van der Waals surface area contributed by atoms with Gasteiger partial charge in [-0.25, -0.2) is 4.68 Å². The van der Waals surface area contributed by atoms with E-state index in [0.29, 0.717) is 11.3 Å². The van der Waals surface area contributed by atoms with Crippen LogP contribution in [0.1, 0.15) is 16.8 Å². The van der Waals surface area contributed by atoms with Gasteiger partial charge in [0, 0.05) is 5.56 Å². The van der Waals surface area contributed by atoms with Crippen molar-refractivity contribution in [3.8, 4) is 11.6 Å². The number of carboxylic acid groups (broad SMARTS) is 1. The Labute approximate surface area is 123 Å². The number of ether oxygens (including phenoxy) is 1. The van der Waals surface area contributed by atoms with Crippen LogP contribution in [0.4, 0.5) is 13.2 Å². The van der Waals surface area contributed by atoms with E-state index in [2.05, 4.69) is 5.10 Å². The van der Waals surface area contributed by atoms with E-state index in [1.807, 2.05) is 0 Å². The van der Waals surface area contributed by atoms with Crippen LogP contribution < -0.4 is 4.74 Å². The normalized spacial score (nSPS) is 11.5. The van der Waals surface area contributed by atoms with Gasteiger partial charge in [0.2, 0.25) is 5.88 Å². The average Bonchev–Trinajstić information content (AvgIpc) is 2.74. The molecule has 22 heavy (non-hydrogen) atoms. The maximum atomic E-state index is 12.8. The van der Waals surface area contributed by atoms with Gasteiger partial charge in [-0.05, 0) is 25.1 Å². The van der Waals surface area contributed by atoms with Crippen molar-refractivity contribution in [2.45, 2.75) is 19.5 Å². The molecule has 0 radical (unpaired) electrons. The lowest BCUT2D eigenvalue weighted by Crippen LogP contribution is -2.07. The van der Waals surface area contributed by atoms with E-state index in [1.54, 1.807) is 6.92 Å². The number of aliphatic carboxylic acids is 1. The molecule has 0 spiro atoms. The fraction of sp³-hybridized carbons (Fsp3) is 0.286. The Morgan fingerprint density at radius 3 is 2.64 bits per heavy atom. The first-order valence-corrected chi connectivity index (χ1v) is 6.26. The largest absolute Gasteiger partial charge is 0.481 e. The number of nitrogens with zero attached hydrogens (tertiary/aromatic N) is 2. The van der Waals surface area contributed by atoms with Gasteiger partial charge in [0.15, 0.2) is 0 Å². The van der Waals surface area contributed by atoms with E-state index >= 15 is 0 Å². The Morgan fingerprint density at radius 1 is 1.41 bits per heavy atom. The number of methoxy groups -OCH3 is 1. The van der Waals surface area contributed by atoms with Crippen LogP contribution in [0.3, 0.4) is 0 Å². The first kappa shape index (κ1) is 15.9. The predicted molar refractivity (Wildman–Crippen MR) is 71.2 cm³/mol. The van der Waals surface area contributed by atoms with Crippen molar-refractivity contribution in [2.24, 2.45) is 0 Å². The van der Waals surface area contributed by atoms with Gasteiger partial charge in [-0.1, -0.05) is 6.07 Å². The second-order valence-electron chi connectivity index (χ2n) is 4.60. The van der Waals surface area contributed by atoms with Crippen LogP contribution in [0.15, 0.2) is 24.3 Å². The molecule has 1 aromatic carbocycles. The minimum Gasteiger partial charge on any atom is -0.481 e. The Morgan fingerprint density at radius 2 is 2.09 bits per heavy atom. The molecule has 8 heteroatoms. The molecule has 2 rings (SSSR count). The molecule has 0 aliphatic heterocycles. The molecule has 1 aromatic heterocycles. The smallest absolute Gasteiger partial charge is 0.416 e. The fourth-order valence-corrected chi connectivity index (χ4v) is 2.09. The van der Waals surface area contributed by atoms with Gasteiger partial charge in [-0.2, -0.15) is 18.3 Å². The summed E-state index contributed by atoms with van der Waals surface area (Å²) in [7, 11) is 1.31. The Bertz CT molecular complexity index is 708. The van der Waals surface area contributed by atoms with Crippen LogP contribution in [0.25, 0.3) is 5.69 Å². The number of alkyl halides is 3. The van der Waals surface area contributed by atoms with Crippen molar-refractivity contribution < 1.29 is 27.8 Å². The van der Waals surface area contributed by atoms with E-state index in [1.165, 1.54) is 23.9 Å². The number of halogens is 3. The van der Waals surface area contributed by atoms with Crippen LogP contribution in [-0.2, 0) is 17.4 Å². The topological polar surface area (TPSA) is 64.3 Å². The number of carboxylic acids is 1. The lowest BCUT2D eigenvalue weighted by Gasteiger charge is -2.11. The summed E-state index contributed by atoms with van der Waals surface area (Å²) in [4.78, 5) is 10.9. The van der Waals surface area contributed by atoms with Gasteiger partial charge in [0.25, 0.3) is 0 Å². The number of benzene rings is 1. The van der Waals surface area contributed by atoms with E-state index in [0.717, 1.165) is 12.1 Å². The summed E-state index contributed by atoms with van der Waals surface area (Å²) in [5, 5.41) is 13.0. The highest BCUT2D eigenvalue weighted by atomic mass is 19.4. The van der Waals surface area contributed by atoms with Crippen molar-refractivity contribution in [2.75, 3.05) is 7.11 Å². The minimum atomic E-state index is -4.48. The van der Waals surface area contributed by atoms with Gasteiger partial charge in [-0.3, -0.25) is 4.79 Å². The third kappa shape index (κ3) is 3.05. The molecule has 0 amide bonds. The summed E-state index contributed by atoms with van der Waals surface area (Å²) < 4.78 is 44.7. The standard InChI is InChI=1S/C14H13F3N2O3/c1-8-11(7-12(20)21)13(22-2)19(18-8)10-5-3-4-9(6-10)14(15,16)17/h3-6H,7H2,1-2H3,(H,20,21). The molecule has 0 bridgehead atoms. The summed E-state index contributed by atoms with van der Waals surface area (Å²) in [6.45, 7) is 1.57. The number of rotatable bonds is 4. The Kier molecular flexibility index (Phi) is 4.11. The third-order valence-electron chi connectivity index (χ3n) is 3.08. The number of hydrogen-bond donors (Lipinski definition) is 1. The summed E-state index contributed by atoms with van der Waals surface area (Å²) in [5.74, 6) is -0.968. The number of carbonyl (C=O) groups is 1. The molecular formula is C14H13F3N2O3. The van der Waals surface area contributed by atoms with Crippen LogP contribution >= 0.6 is 0 Å². The highest BCUT2D eigenvalue weighted by Gasteiger charge is 2.31. The summed E-state index contributed by atoms with van der Waals surface area (Å²) >= 11 is 0. The molecule has 1 N–H and O–H groups in total. The minimum absolute atomic E-state index is 0.110. The fourth-order valence-electron chi connectivity index (χ4n) is 2.09. The zero-order valence-corrected chi connectivity index (χ0v) is 11.8.